The van der Waals surface area contributed by atoms with E-state index in [1.54, 1.807) is 31.2 Å². The molecule has 0 aromatic heterocycles. The van der Waals surface area contributed by atoms with Gasteiger partial charge in [-0.25, -0.2) is 21.6 Å². The van der Waals surface area contributed by atoms with Gasteiger partial charge in [0.2, 0.25) is 15.9 Å². The van der Waals surface area contributed by atoms with E-state index in [2.05, 4.69) is 20.6 Å². The van der Waals surface area contributed by atoms with Crippen LogP contribution < -0.4 is 14.4 Å². The fourth-order valence-electron chi connectivity index (χ4n) is 8.95. The highest BCUT2D eigenvalue weighted by atomic mass is 35.5. The van der Waals surface area contributed by atoms with Gasteiger partial charge in [-0.3, -0.25) is 4.79 Å². The summed E-state index contributed by atoms with van der Waals surface area (Å²) in [7, 11) is -6.05. The molecule has 1 saturated heterocycles. The minimum Gasteiger partial charge on any atom is -0.490 e. The van der Waals surface area contributed by atoms with Crippen LogP contribution in [0, 0.1) is 23.7 Å². The number of carbonyl (C=O) groups is 1. The summed E-state index contributed by atoms with van der Waals surface area (Å²) in [5.74, 6) is -1.91. The molecule has 0 unspecified atom stereocenters. The Morgan fingerprint density at radius 3 is 2.58 bits per heavy atom. The normalized spacial score (nSPS) is 33.5. The lowest BCUT2D eigenvalue weighted by molar-refractivity contribution is -0.124. The van der Waals surface area contributed by atoms with Crippen molar-refractivity contribution < 1.29 is 31.5 Å². The number of fused-ring (bicyclic) bond motifs is 4. The highest BCUT2D eigenvalue weighted by molar-refractivity contribution is 7.90. The second kappa shape index (κ2) is 14.2. The first-order valence-electron chi connectivity index (χ1n) is 18.5. The molecule has 2 aromatic rings. The number of nitrogens with zero attached hydrogens (tertiary/aromatic N) is 3. The van der Waals surface area contributed by atoms with Gasteiger partial charge in [-0.1, -0.05) is 43.7 Å². The summed E-state index contributed by atoms with van der Waals surface area (Å²) in [4.78, 5) is 17.6. The van der Waals surface area contributed by atoms with Crippen LogP contribution in [0.1, 0.15) is 57.1 Å². The molecule has 2 aliphatic carbocycles. The van der Waals surface area contributed by atoms with Crippen molar-refractivity contribution in [3.8, 4) is 5.75 Å². The van der Waals surface area contributed by atoms with E-state index < -0.39 is 48.6 Å². The maximum Gasteiger partial charge on any atom is 0.264 e. The molecule has 14 heteroatoms. The van der Waals surface area contributed by atoms with Gasteiger partial charge in [0.25, 0.3) is 10.0 Å². The molecule has 2 bridgehead atoms. The quantitative estimate of drug-likeness (QED) is 0.441. The summed E-state index contributed by atoms with van der Waals surface area (Å²) in [6, 6.07) is 10.7. The fourth-order valence-corrected chi connectivity index (χ4v) is 12.0. The molecule has 3 aliphatic heterocycles. The number of amides is 1. The van der Waals surface area contributed by atoms with Gasteiger partial charge in [-0.05, 0) is 105 Å². The number of carbonyl (C=O) groups excluding carboxylic acids is 1. The van der Waals surface area contributed by atoms with Crippen LogP contribution in [0.25, 0.3) is 0 Å². The number of anilines is 1. The van der Waals surface area contributed by atoms with Gasteiger partial charge in [-0.15, -0.1) is 0 Å². The Hall–Kier alpha value is -2.68. The van der Waals surface area contributed by atoms with E-state index in [1.807, 2.05) is 26.1 Å². The monoisotopic (exact) mass is 774 g/mol. The predicted molar refractivity (Wildman–Crippen MR) is 202 cm³/mol. The average molecular weight is 775 g/mol. The Labute approximate surface area is 313 Å². The van der Waals surface area contributed by atoms with Crippen molar-refractivity contribution in [2.45, 2.75) is 68.3 Å². The summed E-state index contributed by atoms with van der Waals surface area (Å²) < 4.78 is 65.7. The molecule has 1 saturated carbocycles. The number of ether oxygens (including phenoxy) is 1. The van der Waals surface area contributed by atoms with Crippen LogP contribution in [0.4, 0.5) is 5.69 Å². The van der Waals surface area contributed by atoms with E-state index in [9.17, 15) is 26.7 Å². The summed E-state index contributed by atoms with van der Waals surface area (Å²) in [6.07, 6.45) is 7.91. The van der Waals surface area contributed by atoms with Gasteiger partial charge in [0.1, 0.15) is 11.4 Å². The van der Waals surface area contributed by atoms with E-state index in [0.717, 1.165) is 31.2 Å². The molecule has 0 radical (unpaired) electrons. The zero-order valence-electron chi connectivity index (χ0n) is 30.3. The number of aliphatic hydroxyl groups is 1. The maximum atomic E-state index is 14.0. The van der Waals surface area contributed by atoms with Gasteiger partial charge < -0.3 is 19.6 Å². The van der Waals surface area contributed by atoms with E-state index in [1.165, 1.54) is 15.9 Å². The van der Waals surface area contributed by atoms with Crippen molar-refractivity contribution in [2.24, 2.45) is 23.7 Å². The largest absolute Gasteiger partial charge is 0.490 e. The van der Waals surface area contributed by atoms with Gasteiger partial charge in [0.15, 0.2) is 0 Å². The lowest BCUT2D eigenvalue weighted by Crippen LogP contribution is -2.57. The molecule has 2 fully saturated rings. The minimum absolute atomic E-state index is 0.0354. The summed E-state index contributed by atoms with van der Waals surface area (Å²) in [5, 5.41) is 13.2. The molecular weight excluding hydrogens is 724 g/mol. The number of allylic oxidation sites excluding steroid dienone is 1. The number of halogens is 1. The molecule has 2 aromatic carbocycles. The van der Waals surface area contributed by atoms with Crippen molar-refractivity contribution >= 4 is 43.2 Å². The SMILES string of the molecule is C[C@H]1C/C=C/[C@@](O)(CS(=O)(=O)N2CCN(C)CC2)[C@@H]2CC[C@H]2CN2C[C@@]3(CCCc4cc(Cl)ccc43)COc3ccc(cc32)S(=O)(=O)NC(=O)[C@@H]1C. The second-order valence-electron chi connectivity index (χ2n) is 16.0. The van der Waals surface area contributed by atoms with Gasteiger partial charge in [0, 0.05) is 55.6 Å². The van der Waals surface area contributed by atoms with E-state index in [4.69, 9.17) is 16.3 Å². The zero-order valence-corrected chi connectivity index (χ0v) is 32.6. The number of benzene rings is 2. The number of hydrogen-bond donors (Lipinski definition) is 2. The van der Waals surface area contributed by atoms with Crippen molar-refractivity contribution in [2.75, 3.05) is 63.6 Å². The van der Waals surface area contributed by atoms with Crippen LogP contribution >= 0.6 is 11.6 Å². The molecule has 7 rings (SSSR count). The first-order valence-corrected chi connectivity index (χ1v) is 22.0. The molecule has 52 heavy (non-hydrogen) atoms. The smallest absolute Gasteiger partial charge is 0.264 e. The Morgan fingerprint density at radius 2 is 1.85 bits per heavy atom. The van der Waals surface area contributed by atoms with Crippen molar-refractivity contribution in [3.05, 3.63) is 64.7 Å². The van der Waals surface area contributed by atoms with Crippen LogP contribution in [0.15, 0.2) is 53.4 Å². The molecular formula is C38H51ClN4O7S2. The lowest BCUT2D eigenvalue weighted by Gasteiger charge is -2.49. The van der Waals surface area contributed by atoms with Crippen molar-refractivity contribution in [1.29, 1.82) is 0 Å². The molecule has 3 heterocycles. The molecule has 5 aliphatic rings. The Kier molecular flexibility index (Phi) is 10.3. The standard InChI is InChI=1S/C38H51ClN4O7S2/c1-26-6-4-15-38(45,25-51(46,47)43-18-16-41(3)17-19-43)33-11-8-29(33)22-42-23-37(14-5-7-28-20-30(39)9-12-32(28)37)24-50-35-13-10-31(21-34(35)42)52(48,49)40-36(44)27(26)2/h4,9-10,12-13,15,20-21,26-27,29,33,45H,5-8,11,14,16-19,22-25H2,1-3H3,(H,40,44)/b15-4+/t26-,27+,29-,33+,37-,38+/m0/s1. The number of aryl methyl sites for hydroxylation is 1. The maximum absolute atomic E-state index is 14.0. The third-order valence-corrected chi connectivity index (χ3v) is 16.1. The van der Waals surface area contributed by atoms with E-state index >= 15 is 0 Å². The number of likely N-dealkylation sites (N-methyl/N-ethyl adjacent to an activating group) is 1. The number of piperazine rings is 1. The predicted octanol–water partition coefficient (Wildman–Crippen LogP) is 4.18. The first-order chi connectivity index (χ1) is 24.6. The molecule has 6 atom stereocenters. The van der Waals surface area contributed by atoms with Crippen LogP contribution in [0.3, 0.4) is 0 Å². The number of hydrogen-bond acceptors (Lipinski definition) is 9. The second-order valence-corrected chi connectivity index (χ2v) is 20.1. The van der Waals surface area contributed by atoms with Crippen molar-refractivity contribution in [3.63, 3.8) is 0 Å². The first kappa shape index (κ1) is 37.6. The molecule has 11 nitrogen and oxygen atoms in total. The Bertz CT molecular complexity index is 1950. The van der Waals surface area contributed by atoms with Gasteiger partial charge in [0.05, 0.1) is 22.9 Å². The minimum atomic E-state index is -4.21. The lowest BCUT2D eigenvalue weighted by atomic mass is 9.64. The number of rotatable bonds is 3. The third kappa shape index (κ3) is 7.25. The van der Waals surface area contributed by atoms with Crippen LogP contribution in [-0.2, 0) is 36.7 Å². The number of sulfonamides is 2. The van der Waals surface area contributed by atoms with E-state index in [0.29, 0.717) is 75.2 Å². The van der Waals surface area contributed by atoms with Gasteiger partial charge >= 0.3 is 0 Å². The highest BCUT2D eigenvalue weighted by Crippen LogP contribution is 2.49. The summed E-state index contributed by atoms with van der Waals surface area (Å²) in [6.45, 7) is 6.90. The summed E-state index contributed by atoms with van der Waals surface area (Å²) in [5.41, 5.74) is 0.866. The third-order valence-electron chi connectivity index (χ3n) is 12.5. The van der Waals surface area contributed by atoms with Crippen LogP contribution in [0.2, 0.25) is 5.02 Å². The fraction of sp³-hybridized carbons (Fsp3) is 0.605. The Morgan fingerprint density at radius 1 is 1.08 bits per heavy atom. The zero-order chi connectivity index (χ0) is 37.1. The molecule has 284 valence electrons. The van der Waals surface area contributed by atoms with E-state index in [-0.39, 0.29) is 22.6 Å². The van der Waals surface area contributed by atoms with Crippen molar-refractivity contribution in [1.82, 2.24) is 13.9 Å². The number of nitrogens with one attached hydrogen (secondary N) is 1. The van der Waals surface area contributed by atoms with Crippen LogP contribution in [0.5, 0.6) is 5.75 Å². The topological polar surface area (TPSA) is 137 Å². The van der Waals surface area contributed by atoms with Crippen LogP contribution in [-0.4, -0.2) is 101 Å². The molecule has 1 amide bonds. The molecule has 1 spiro atoms. The van der Waals surface area contributed by atoms with Gasteiger partial charge in [-0.2, -0.15) is 4.31 Å². The Balaban J connectivity index is 1.30. The average Bonchev–Trinajstić information content (AvgIpc) is 3.22. The molecule has 2 N–H and O–H groups in total. The summed E-state index contributed by atoms with van der Waals surface area (Å²) >= 11 is 6.44. The highest BCUT2D eigenvalue weighted by Gasteiger charge is 2.50.